The van der Waals surface area contributed by atoms with Crippen LogP contribution in [0.25, 0.3) is 0 Å². The minimum atomic E-state index is -4.44. The number of imidazole rings is 1. The van der Waals surface area contributed by atoms with Gasteiger partial charge in [-0.15, -0.1) is 0 Å². The Hall–Kier alpha value is -3.05. The summed E-state index contributed by atoms with van der Waals surface area (Å²) in [7, 11) is -2.11. The summed E-state index contributed by atoms with van der Waals surface area (Å²) in [5.74, 6) is -0.103. The van der Waals surface area contributed by atoms with Crippen LogP contribution in [0.15, 0.2) is 72.1 Å². The molecule has 176 valence electrons. The maximum Gasteiger partial charge on any atom is 0.422 e. The Balaban J connectivity index is 1.58. The summed E-state index contributed by atoms with van der Waals surface area (Å²) in [4.78, 5) is 4.00. The summed E-state index contributed by atoms with van der Waals surface area (Å²) in [6.07, 6.45) is -1.55. The Morgan fingerprint density at radius 1 is 1.12 bits per heavy atom. The standard InChI is InChI=1S/C22H23F3N4O3S/c1-28-13-21(26-15-28)33(30,31)29-11-19(16-6-3-2-4-7-16)20(12-29)27-17-8-5-9-18(10-17)32-14-22(23,24)25/h2-10,13,15,19-20,27H,11-12,14H2,1H3/t19-,20+/m1/s1. The number of hydrogen-bond donors (Lipinski definition) is 1. The van der Waals surface area contributed by atoms with Gasteiger partial charge in [-0.3, -0.25) is 0 Å². The minimum Gasteiger partial charge on any atom is -0.484 e. The molecule has 11 heteroatoms. The average molecular weight is 481 g/mol. The molecule has 4 rings (SSSR count). The number of anilines is 1. The van der Waals surface area contributed by atoms with Gasteiger partial charge in [0.15, 0.2) is 11.6 Å². The first-order chi connectivity index (χ1) is 15.6. The normalized spacial score (nSPS) is 19.5. The van der Waals surface area contributed by atoms with Crippen molar-refractivity contribution in [2.24, 2.45) is 7.05 Å². The van der Waals surface area contributed by atoms with Crippen LogP contribution in [0.3, 0.4) is 0 Å². The first-order valence-corrected chi connectivity index (χ1v) is 11.6. The first-order valence-electron chi connectivity index (χ1n) is 10.2. The van der Waals surface area contributed by atoms with E-state index < -0.39 is 22.8 Å². The average Bonchev–Trinajstić information content (AvgIpc) is 3.40. The highest BCUT2D eigenvalue weighted by Crippen LogP contribution is 2.33. The van der Waals surface area contributed by atoms with Gasteiger partial charge in [0.2, 0.25) is 0 Å². The van der Waals surface area contributed by atoms with Gasteiger partial charge in [-0.25, -0.2) is 13.4 Å². The van der Waals surface area contributed by atoms with Crippen LogP contribution in [0.2, 0.25) is 0 Å². The molecule has 7 nitrogen and oxygen atoms in total. The molecular formula is C22H23F3N4O3S. The Morgan fingerprint density at radius 2 is 1.88 bits per heavy atom. The van der Waals surface area contributed by atoms with E-state index >= 15 is 0 Å². The number of halogens is 3. The lowest BCUT2D eigenvalue weighted by molar-refractivity contribution is -0.153. The Labute approximate surface area is 189 Å². The molecule has 2 atom stereocenters. The van der Waals surface area contributed by atoms with E-state index in [1.807, 2.05) is 30.3 Å². The van der Waals surface area contributed by atoms with Crippen LogP contribution in [0.5, 0.6) is 5.75 Å². The molecule has 0 spiro atoms. The third kappa shape index (κ3) is 5.48. The molecule has 1 saturated heterocycles. The Kier molecular flexibility index (Phi) is 6.35. The van der Waals surface area contributed by atoms with E-state index in [0.29, 0.717) is 5.69 Å². The fourth-order valence-electron chi connectivity index (χ4n) is 3.86. The number of ether oxygens (including phenoxy) is 1. The quantitative estimate of drug-likeness (QED) is 0.559. The molecule has 0 aliphatic carbocycles. The smallest absolute Gasteiger partial charge is 0.422 e. The number of aromatic nitrogens is 2. The fraction of sp³-hybridized carbons (Fsp3) is 0.318. The number of nitrogens with one attached hydrogen (secondary N) is 1. The van der Waals surface area contributed by atoms with Crippen LogP contribution < -0.4 is 10.1 Å². The van der Waals surface area contributed by atoms with Crippen molar-refractivity contribution in [3.63, 3.8) is 0 Å². The highest BCUT2D eigenvalue weighted by Gasteiger charge is 2.41. The van der Waals surface area contributed by atoms with Crippen LogP contribution >= 0.6 is 0 Å². The van der Waals surface area contributed by atoms with E-state index in [4.69, 9.17) is 4.74 Å². The lowest BCUT2D eigenvalue weighted by atomic mass is 9.94. The van der Waals surface area contributed by atoms with Gasteiger partial charge in [0.05, 0.1) is 6.33 Å². The number of sulfonamides is 1. The molecular weight excluding hydrogens is 457 g/mol. The van der Waals surface area contributed by atoms with Crippen LogP contribution in [0, 0.1) is 0 Å². The van der Waals surface area contributed by atoms with Crippen molar-refractivity contribution in [3.8, 4) is 5.75 Å². The SMILES string of the molecule is Cn1cnc(S(=O)(=O)N2C[C@H](Nc3cccc(OCC(F)(F)F)c3)[C@@H](c3ccccc3)C2)c1. The highest BCUT2D eigenvalue weighted by molar-refractivity contribution is 7.89. The topological polar surface area (TPSA) is 76.5 Å². The second kappa shape index (κ2) is 9.06. The van der Waals surface area contributed by atoms with Gasteiger partial charge < -0.3 is 14.6 Å². The molecule has 1 aromatic heterocycles. The van der Waals surface area contributed by atoms with Crippen LogP contribution in [-0.2, 0) is 17.1 Å². The zero-order valence-electron chi connectivity index (χ0n) is 17.7. The van der Waals surface area contributed by atoms with Gasteiger partial charge in [0.25, 0.3) is 10.0 Å². The molecule has 1 aliphatic heterocycles. The molecule has 0 radical (unpaired) electrons. The molecule has 1 fully saturated rings. The third-order valence-corrected chi connectivity index (χ3v) is 7.11. The Bertz CT molecular complexity index is 1200. The van der Waals surface area contributed by atoms with E-state index in [1.54, 1.807) is 23.7 Å². The lowest BCUT2D eigenvalue weighted by Crippen LogP contribution is -2.32. The summed E-state index contributed by atoms with van der Waals surface area (Å²) in [6, 6.07) is 15.4. The first kappa shape index (κ1) is 23.1. The zero-order chi connectivity index (χ0) is 23.6. The summed E-state index contributed by atoms with van der Waals surface area (Å²) >= 11 is 0. The second-order valence-corrected chi connectivity index (χ2v) is 9.78. The van der Waals surface area contributed by atoms with Crippen molar-refractivity contribution in [3.05, 3.63) is 72.7 Å². The van der Waals surface area contributed by atoms with Crippen molar-refractivity contribution in [2.75, 3.05) is 25.0 Å². The van der Waals surface area contributed by atoms with Crippen LogP contribution in [-0.4, -0.2) is 54.2 Å². The van der Waals surface area contributed by atoms with Gasteiger partial charge in [-0.05, 0) is 17.7 Å². The monoisotopic (exact) mass is 480 g/mol. The molecule has 2 aromatic carbocycles. The third-order valence-electron chi connectivity index (χ3n) is 5.39. The van der Waals surface area contributed by atoms with Gasteiger partial charge in [0, 0.05) is 50.0 Å². The van der Waals surface area contributed by atoms with Crippen molar-refractivity contribution in [2.45, 2.75) is 23.2 Å². The van der Waals surface area contributed by atoms with E-state index in [-0.39, 0.29) is 35.8 Å². The van der Waals surface area contributed by atoms with Crippen LogP contribution in [0.4, 0.5) is 18.9 Å². The molecule has 2 heterocycles. The number of alkyl halides is 3. The molecule has 1 aliphatic rings. The lowest BCUT2D eigenvalue weighted by Gasteiger charge is -2.21. The molecule has 3 aromatic rings. The van der Waals surface area contributed by atoms with Gasteiger partial charge in [0.1, 0.15) is 5.75 Å². The fourth-order valence-corrected chi connectivity index (χ4v) is 5.32. The van der Waals surface area contributed by atoms with E-state index in [9.17, 15) is 21.6 Å². The Morgan fingerprint density at radius 3 is 2.55 bits per heavy atom. The van der Waals surface area contributed by atoms with Crippen molar-refractivity contribution in [1.29, 1.82) is 0 Å². The molecule has 0 amide bonds. The van der Waals surface area contributed by atoms with E-state index in [2.05, 4.69) is 10.3 Å². The van der Waals surface area contributed by atoms with Gasteiger partial charge in [-0.1, -0.05) is 36.4 Å². The maximum absolute atomic E-state index is 13.2. The number of hydrogen-bond acceptors (Lipinski definition) is 5. The largest absolute Gasteiger partial charge is 0.484 e. The molecule has 0 bridgehead atoms. The van der Waals surface area contributed by atoms with Gasteiger partial charge >= 0.3 is 6.18 Å². The maximum atomic E-state index is 13.2. The molecule has 1 N–H and O–H groups in total. The second-order valence-electron chi connectivity index (χ2n) is 7.90. The number of nitrogens with zero attached hydrogens (tertiary/aromatic N) is 3. The number of rotatable bonds is 7. The summed E-state index contributed by atoms with van der Waals surface area (Å²) in [6.45, 7) is -0.973. The van der Waals surface area contributed by atoms with E-state index in [0.717, 1.165) is 5.56 Å². The molecule has 0 unspecified atom stereocenters. The summed E-state index contributed by atoms with van der Waals surface area (Å²) in [5.41, 5.74) is 1.50. The predicted octanol–water partition coefficient (Wildman–Crippen LogP) is 3.63. The molecule has 33 heavy (non-hydrogen) atoms. The highest BCUT2D eigenvalue weighted by atomic mass is 32.2. The van der Waals surface area contributed by atoms with Gasteiger partial charge in [-0.2, -0.15) is 17.5 Å². The number of aryl methyl sites for hydroxylation is 1. The van der Waals surface area contributed by atoms with Crippen molar-refractivity contribution >= 4 is 15.7 Å². The number of benzene rings is 2. The minimum absolute atomic E-state index is 0.0278. The van der Waals surface area contributed by atoms with Crippen molar-refractivity contribution in [1.82, 2.24) is 13.9 Å². The summed E-state index contributed by atoms with van der Waals surface area (Å²) < 4.78 is 71.6. The van der Waals surface area contributed by atoms with Crippen LogP contribution in [0.1, 0.15) is 11.5 Å². The summed E-state index contributed by atoms with van der Waals surface area (Å²) in [5, 5.41) is 3.26. The molecule has 0 saturated carbocycles. The predicted molar refractivity (Wildman–Crippen MR) is 117 cm³/mol. The van der Waals surface area contributed by atoms with Crippen molar-refractivity contribution < 1.29 is 26.3 Å². The van der Waals surface area contributed by atoms with E-state index in [1.165, 1.54) is 29.0 Å². The zero-order valence-corrected chi connectivity index (χ0v) is 18.6.